The van der Waals surface area contributed by atoms with Gasteiger partial charge in [-0.15, -0.1) is 0 Å². The van der Waals surface area contributed by atoms with Gasteiger partial charge in [-0.25, -0.2) is 0 Å². The van der Waals surface area contributed by atoms with Gasteiger partial charge in [0.05, 0.1) is 11.1 Å². The molecule has 4 heteroatoms. The highest BCUT2D eigenvalue weighted by atomic mass is 79.9. The molecule has 3 nitrogen and oxygen atoms in total. The van der Waals surface area contributed by atoms with Gasteiger partial charge in [0.1, 0.15) is 12.4 Å². The van der Waals surface area contributed by atoms with Crippen LogP contribution in [0.5, 0.6) is 5.75 Å². The number of rotatable bonds is 6. The van der Waals surface area contributed by atoms with E-state index in [4.69, 9.17) is 15.2 Å². The first-order valence-electron chi connectivity index (χ1n) is 5.35. The second-order valence-corrected chi connectivity index (χ2v) is 4.77. The van der Waals surface area contributed by atoms with E-state index in [1.807, 2.05) is 18.2 Å². The average molecular weight is 288 g/mol. The van der Waals surface area contributed by atoms with Crippen LogP contribution in [0.15, 0.2) is 22.7 Å². The maximum absolute atomic E-state index is 5.73. The molecule has 0 saturated heterocycles. The van der Waals surface area contributed by atoms with Crippen molar-refractivity contribution in [3.05, 3.63) is 22.7 Å². The average Bonchev–Trinajstić information content (AvgIpc) is 2.23. The van der Waals surface area contributed by atoms with Crippen LogP contribution in [0.3, 0.4) is 0 Å². The van der Waals surface area contributed by atoms with Crippen LogP contribution in [0.4, 0.5) is 5.69 Å². The molecule has 2 N–H and O–H groups in total. The molecule has 0 heterocycles. The van der Waals surface area contributed by atoms with E-state index in [1.165, 1.54) is 0 Å². The molecule has 0 saturated carbocycles. The Bertz CT molecular complexity index is 329. The summed E-state index contributed by atoms with van der Waals surface area (Å²) in [7, 11) is 0. The lowest BCUT2D eigenvalue weighted by molar-refractivity contribution is 0.0817. The fraction of sp³-hybridized carbons (Fsp3) is 0.500. The van der Waals surface area contributed by atoms with E-state index in [1.54, 1.807) is 0 Å². The van der Waals surface area contributed by atoms with Gasteiger partial charge in [-0.05, 0) is 34.0 Å². The highest BCUT2D eigenvalue weighted by Gasteiger charge is 2.03. The van der Waals surface area contributed by atoms with Crippen molar-refractivity contribution in [2.24, 2.45) is 5.92 Å². The molecular weight excluding hydrogens is 270 g/mol. The van der Waals surface area contributed by atoms with Crippen LogP contribution in [0.1, 0.15) is 13.8 Å². The minimum absolute atomic E-state index is 0.536. The minimum atomic E-state index is 0.536. The number of benzene rings is 1. The van der Waals surface area contributed by atoms with Crippen molar-refractivity contribution in [1.29, 1.82) is 0 Å². The number of nitrogen functional groups attached to an aromatic ring is 1. The van der Waals surface area contributed by atoms with Crippen molar-refractivity contribution in [2.45, 2.75) is 13.8 Å². The van der Waals surface area contributed by atoms with Gasteiger partial charge in [0.25, 0.3) is 0 Å². The molecule has 0 atom stereocenters. The van der Waals surface area contributed by atoms with Gasteiger partial charge in [0.15, 0.2) is 0 Å². The van der Waals surface area contributed by atoms with Crippen molar-refractivity contribution in [1.82, 2.24) is 0 Å². The van der Waals surface area contributed by atoms with Crippen molar-refractivity contribution in [2.75, 3.05) is 25.6 Å². The lowest BCUT2D eigenvalue weighted by atomic mass is 10.2. The maximum Gasteiger partial charge on any atom is 0.135 e. The van der Waals surface area contributed by atoms with Crippen molar-refractivity contribution >= 4 is 21.6 Å². The SMILES string of the molecule is CC(C)COCCOc1cccc(N)c1Br. The number of hydrogen-bond acceptors (Lipinski definition) is 3. The van der Waals surface area contributed by atoms with E-state index in [9.17, 15) is 0 Å². The monoisotopic (exact) mass is 287 g/mol. The van der Waals surface area contributed by atoms with Crippen LogP contribution in [0.2, 0.25) is 0 Å². The zero-order chi connectivity index (χ0) is 12.0. The Morgan fingerprint density at radius 2 is 2.06 bits per heavy atom. The van der Waals surface area contributed by atoms with E-state index >= 15 is 0 Å². The largest absolute Gasteiger partial charge is 0.490 e. The van der Waals surface area contributed by atoms with E-state index in [-0.39, 0.29) is 0 Å². The van der Waals surface area contributed by atoms with Gasteiger partial charge >= 0.3 is 0 Å². The minimum Gasteiger partial charge on any atom is -0.490 e. The number of nitrogens with two attached hydrogens (primary N) is 1. The smallest absolute Gasteiger partial charge is 0.135 e. The van der Waals surface area contributed by atoms with Gasteiger partial charge in [0, 0.05) is 12.3 Å². The van der Waals surface area contributed by atoms with E-state index < -0.39 is 0 Å². The molecule has 0 aromatic heterocycles. The van der Waals surface area contributed by atoms with Gasteiger partial charge in [0.2, 0.25) is 0 Å². The first kappa shape index (κ1) is 13.3. The Hall–Kier alpha value is -0.740. The summed E-state index contributed by atoms with van der Waals surface area (Å²) in [6.07, 6.45) is 0. The fourth-order valence-electron chi connectivity index (χ4n) is 1.17. The standard InChI is InChI=1S/C12H18BrNO2/c1-9(2)8-15-6-7-16-11-5-3-4-10(14)12(11)13/h3-5,9H,6-8,14H2,1-2H3. The van der Waals surface area contributed by atoms with Crippen LogP contribution in [-0.2, 0) is 4.74 Å². The summed E-state index contributed by atoms with van der Waals surface area (Å²) in [6.45, 7) is 6.14. The summed E-state index contributed by atoms with van der Waals surface area (Å²) in [5.74, 6) is 1.31. The van der Waals surface area contributed by atoms with Gasteiger partial charge < -0.3 is 15.2 Å². The molecule has 0 aliphatic heterocycles. The molecule has 0 radical (unpaired) electrons. The molecule has 90 valence electrons. The molecule has 0 bridgehead atoms. The van der Waals surface area contributed by atoms with Crippen molar-refractivity contribution in [3.8, 4) is 5.75 Å². The molecule has 1 rings (SSSR count). The molecule has 0 unspecified atom stereocenters. The molecule has 0 spiro atoms. The lowest BCUT2D eigenvalue weighted by Crippen LogP contribution is -2.10. The summed E-state index contributed by atoms with van der Waals surface area (Å²) in [4.78, 5) is 0. The summed E-state index contributed by atoms with van der Waals surface area (Å²) in [5, 5.41) is 0. The molecule has 0 aliphatic carbocycles. The number of anilines is 1. The summed E-state index contributed by atoms with van der Waals surface area (Å²) < 4.78 is 11.8. The van der Waals surface area contributed by atoms with Crippen LogP contribution in [0.25, 0.3) is 0 Å². The van der Waals surface area contributed by atoms with Crippen molar-refractivity contribution < 1.29 is 9.47 Å². The predicted molar refractivity (Wildman–Crippen MR) is 69.7 cm³/mol. The summed E-state index contributed by atoms with van der Waals surface area (Å²) >= 11 is 3.38. The quantitative estimate of drug-likeness (QED) is 0.646. The lowest BCUT2D eigenvalue weighted by Gasteiger charge is -2.10. The van der Waals surface area contributed by atoms with Crippen LogP contribution >= 0.6 is 15.9 Å². The zero-order valence-corrected chi connectivity index (χ0v) is 11.3. The Kier molecular flexibility index (Phi) is 5.63. The molecule has 0 amide bonds. The topological polar surface area (TPSA) is 44.5 Å². The zero-order valence-electron chi connectivity index (χ0n) is 9.70. The third-order valence-electron chi connectivity index (χ3n) is 1.93. The number of ether oxygens (including phenoxy) is 2. The molecule has 16 heavy (non-hydrogen) atoms. The van der Waals surface area contributed by atoms with Gasteiger partial charge in [-0.1, -0.05) is 19.9 Å². The van der Waals surface area contributed by atoms with E-state index in [0.29, 0.717) is 24.8 Å². The second kappa shape index (κ2) is 6.76. The van der Waals surface area contributed by atoms with Crippen LogP contribution in [-0.4, -0.2) is 19.8 Å². The molecular formula is C12H18BrNO2. The Morgan fingerprint density at radius 1 is 1.31 bits per heavy atom. The summed E-state index contributed by atoms with van der Waals surface area (Å²) in [5.41, 5.74) is 6.41. The Balaban J connectivity index is 2.29. The maximum atomic E-state index is 5.73. The third-order valence-corrected chi connectivity index (χ3v) is 2.78. The predicted octanol–water partition coefficient (Wildman–Crippen LogP) is 3.08. The molecule has 0 aliphatic rings. The molecule has 0 fully saturated rings. The summed E-state index contributed by atoms with van der Waals surface area (Å²) in [6, 6.07) is 5.57. The van der Waals surface area contributed by atoms with Gasteiger partial charge in [-0.2, -0.15) is 0 Å². The van der Waals surface area contributed by atoms with E-state index in [0.717, 1.165) is 16.8 Å². The second-order valence-electron chi connectivity index (χ2n) is 3.98. The third kappa shape index (κ3) is 4.41. The Morgan fingerprint density at radius 3 is 2.75 bits per heavy atom. The fourth-order valence-corrected chi connectivity index (χ4v) is 1.55. The number of hydrogen-bond donors (Lipinski definition) is 1. The molecule has 1 aromatic carbocycles. The first-order valence-corrected chi connectivity index (χ1v) is 6.15. The van der Waals surface area contributed by atoms with E-state index in [2.05, 4.69) is 29.8 Å². The highest BCUT2D eigenvalue weighted by molar-refractivity contribution is 9.10. The number of halogens is 1. The normalized spacial score (nSPS) is 10.8. The van der Waals surface area contributed by atoms with Crippen LogP contribution in [0, 0.1) is 5.92 Å². The Labute approximate surface area is 105 Å². The van der Waals surface area contributed by atoms with Gasteiger partial charge in [-0.3, -0.25) is 0 Å². The molecule has 1 aromatic rings. The van der Waals surface area contributed by atoms with Crippen molar-refractivity contribution in [3.63, 3.8) is 0 Å². The van der Waals surface area contributed by atoms with Crippen LogP contribution < -0.4 is 10.5 Å². The first-order chi connectivity index (χ1) is 7.61. The highest BCUT2D eigenvalue weighted by Crippen LogP contribution is 2.30.